The molecule has 0 aromatic heterocycles. The number of sulfone groups is 1. The van der Waals surface area contributed by atoms with Crippen LogP contribution in [0.4, 0.5) is 0 Å². The Hall–Kier alpha value is -1.11. The van der Waals surface area contributed by atoms with E-state index in [9.17, 15) is 18.0 Å². The van der Waals surface area contributed by atoms with Gasteiger partial charge in [-0.2, -0.15) is 0 Å². The van der Waals surface area contributed by atoms with E-state index >= 15 is 0 Å². The van der Waals surface area contributed by atoms with Crippen LogP contribution in [-0.2, 0) is 19.4 Å². The van der Waals surface area contributed by atoms with Crippen molar-refractivity contribution in [2.45, 2.75) is 19.8 Å². The van der Waals surface area contributed by atoms with E-state index in [0.29, 0.717) is 0 Å². The second-order valence-corrected chi connectivity index (χ2v) is 6.15. The molecule has 0 saturated carbocycles. The molecular formula is C9H17NO5S. The van der Waals surface area contributed by atoms with E-state index in [1.807, 2.05) is 0 Å². The number of aliphatic carboxylic acids is 1. The zero-order valence-electron chi connectivity index (χ0n) is 9.39. The first kappa shape index (κ1) is 14.9. The molecule has 7 heteroatoms. The molecule has 2 N–H and O–H groups in total. The van der Waals surface area contributed by atoms with E-state index in [0.717, 1.165) is 6.26 Å². The van der Waals surface area contributed by atoms with Crippen molar-refractivity contribution < 1.29 is 23.1 Å². The van der Waals surface area contributed by atoms with Crippen molar-refractivity contribution in [3.63, 3.8) is 0 Å². The predicted molar refractivity (Wildman–Crippen MR) is 58.8 cm³/mol. The molecule has 6 nitrogen and oxygen atoms in total. The van der Waals surface area contributed by atoms with Crippen molar-refractivity contribution in [2.75, 3.05) is 18.6 Å². The van der Waals surface area contributed by atoms with Gasteiger partial charge in [-0.05, 0) is 5.92 Å². The summed E-state index contributed by atoms with van der Waals surface area (Å²) in [6.07, 6.45) is 1.11. The van der Waals surface area contributed by atoms with E-state index in [1.165, 1.54) is 0 Å². The van der Waals surface area contributed by atoms with E-state index < -0.39 is 15.8 Å². The highest BCUT2D eigenvalue weighted by Crippen LogP contribution is 2.06. The Kier molecular flexibility index (Phi) is 6.02. The molecule has 0 aliphatic rings. The number of hydrogen-bond acceptors (Lipinski definition) is 4. The van der Waals surface area contributed by atoms with Crippen LogP contribution in [0, 0.1) is 5.92 Å². The van der Waals surface area contributed by atoms with Crippen LogP contribution in [0.1, 0.15) is 19.8 Å². The van der Waals surface area contributed by atoms with E-state index in [2.05, 4.69) is 5.32 Å². The Balaban J connectivity index is 3.79. The molecule has 0 spiro atoms. The first-order valence-electron chi connectivity index (χ1n) is 4.87. The fraction of sp³-hybridized carbons (Fsp3) is 0.778. The van der Waals surface area contributed by atoms with Gasteiger partial charge in [0.05, 0.1) is 5.75 Å². The van der Waals surface area contributed by atoms with Gasteiger partial charge < -0.3 is 10.4 Å². The van der Waals surface area contributed by atoms with E-state index in [4.69, 9.17) is 5.11 Å². The number of amides is 1. The normalized spacial score (nSPS) is 13.1. The third-order valence-corrected chi connectivity index (χ3v) is 2.80. The summed E-state index contributed by atoms with van der Waals surface area (Å²) in [6, 6.07) is 0. The standard InChI is InChI=1S/C9H17NO5S/c1-7(6-9(12)13)5-8(11)10-3-4-16(2,14)15/h7H,3-6H2,1-2H3,(H,10,11)(H,12,13). The summed E-state index contributed by atoms with van der Waals surface area (Å²) in [7, 11) is -3.08. The molecule has 0 fully saturated rings. The Bertz CT molecular complexity index is 349. The topological polar surface area (TPSA) is 101 Å². The Morgan fingerprint density at radius 2 is 1.88 bits per heavy atom. The minimum absolute atomic E-state index is 0.0669. The summed E-state index contributed by atoms with van der Waals surface area (Å²) in [5.41, 5.74) is 0. The van der Waals surface area contributed by atoms with Crippen LogP contribution < -0.4 is 5.32 Å². The van der Waals surface area contributed by atoms with Crippen LogP contribution in [0.2, 0.25) is 0 Å². The summed E-state index contributed by atoms with van der Waals surface area (Å²) in [5, 5.41) is 10.9. The third-order valence-electron chi connectivity index (χ3n) is 1.85. The van der Waals surface area contributed by atoms with Gasteiger partial charge in [0.1, 0.15) is 9.84 Å². The van der Waals surface area contributed by atoms with Gasteiger partial charge in [-0.1, -0.05) is 6.92 Å². The molecular weight excluding hydrogens is 234 g/mol. The molecule has 16 heavy (non-hydrogen) atoms. The molecule has 0 heterocycles. The van der Waals surface area contributed by atoms with Gasteiger partial charge in [-0.15, -0.1) is 0 Å². The van der Waals surface area contributed by atoms with Crippen LogP contribution in [0.15, 0.2) is 0 Å². The van der Waals surface area contributed by atoms with Gasteiger partial charge in [0.25, 0.3) is 0 Å². The first-order chi connectivity index (χ1) is 7.20. The molecule has 0 radical (unpaired) electrons. The zero-order chi connectivity index (χ0) is 12.8. The molecule has 0 aliphatic heterocycles. The lowest BCUT2D eigenvalue weighted by Gasteiger charge is -2.08. The molecule has 0 bridgehead atoms. The summed E-state index contributed by atoms with van der Waals surface area (Å²) >= 11 is 0. The van der Waals surface area contributed by atoms with Crippen LogP contribution in [-0.4, -0.2) is 44.0 Å². The fourth-order valence-corrected chi connectivity index (χ4v) is 1.61. The largest absolute Gasteiger partial charge is 0.481 e. The number of carboxylic acid groups (broad SMARTS) is 1. The molecule has 0 saturated heterocycles. The number of hydrogen-bond donors (Lipinski definition) is 2. The van der Waals surface area contributed by atoms with Crippen molar-refractivity contribution in [1.82, 2.24) is 5.32 Å². The monoisotopic (exact) mass is 251 g/mol. The SMILES string of the molecule is CC(CC(=O)O)CC(=O)NCCS(C)(=O)=O. The lowest BCUT2D eigenvalue weighted by atomic mass is 10.0. The number of carboxylic acids is 1. The summed E-state index contributed by atoms with van der Waals surface area (Å²) in [6.45, 7) is 1.72. The Morgan fingerprint density at radius 1 is 1.31 bits per heavy atom. The van der Waals surface area contributed by atoms with Gasteiger partial charge >= 0.3 is 5.97 Å². The Labute approximate surface area is 95.0 Å². The molecule has 1 amide bonds. The second kappa shape index (κ2) is 6.47. The van der Waals surface area contributed by atoms with E-state index in [-0.39, 0.29) is 37.0 Å². The van der Waals surface area contributed by atoms with Gasteiger partial charge in [-0.3, -0.25) is 9.59 Å². The van der Waals surface area contributed by atoms with Crippen molar-refractivity contribution >= 4 is 21.7 Å². The average Bonchev–Trinajstić information content (AvgIpc) is 1.98. The quantitative estimate of drug-likeness (QED) is 0.644. The number of rotatable bonds is 7. The maximum absolute atomic E-state index is 11.2. The van der Waals surface area contributed by atoms with Crippen LogP contribution in [0.3, 0.4) is 0 Å². The predicted octanol–water partition coefficient (Wildman–Crippen LogP) is -0.352. The number of carbonyl (C=O) groups is 2. The van der Waals surface area contributed by atoms with E-state index in [1.54, 1.807) is 6.92 Å². The highest BCUT2D eigenvalue weighted by Gasteiger charge is 2.12. The van der Waals surface area contributed by atoms with Crippen LogP contribution in [0.25, 0.3) is 0 Å². The Morgan fingerprint density at radius 3 is 2.31 bits per heavy atom. The summed E-state index contributed by atoms with van der Waals surface area (Å²) in [4.78, 5) is 21.5. The fourth-order valence-electron chi connectivity index (χ4n) is 1.13. The average molecular weight is 251 g/mol. The maximum Gasteiger partial charge on any atom is 0.303 e. The van der Waals surface area contributed by atoms with Crippen LogP contribution in [0.5, 0.6) is 0 Å². The van der Waals surface area contributed by atoms with Crippen molar-refractivity contribution in [1.29, 1.82) is 0 Å². The highest BCUT2D eigenvalue weighted by molar-refractivity contribution is 7.90. The molecule has 0 aromatic rings. The minimum Gasteiger partial charge on any atom is -0.481 e. The smallest absolute Gasteiger partial charge is 0.303 e. The third kappa shape index (κ3) is 9.45. The number of nitrogens with one attached hydrogen (secondary N) is 1. The highest BCUT2D eigenvalue weighted by atomic mass is 32.2. The molecule has 1 atom stereocenters. The minimum atomic E-state index is -3.08. The van der Waals surface area contributed by atoms with Crippen molar-refractivity contribution in [3.8, 4) is 0 Å². The molecule has 0 aliphatic carbocycles. The molecule has 0 aromatic carbocycles. The lowest BCUT2D eigenvalue weighted by molar-refractivity contribution is -0.138. The summed E-state index contributed by atoms with van der Waals surface area (Å²) < 4.78 is 21.5. The van der Waals surface area contributed by atoms with Crippen molar-refractivity contribution in [3.05, 3.63) is 0 Å². The molecule has 94 valence electrons. The van der Waals surface area contributed by atoms with Gasteiger partial charge in [-0.25, -0.2) is 8.42 Å². The maximum atomic E-state index is 11.2. The summed E-state index contributed by atoms with van der Waals surface area (Å²) in [5.74, 6) is -1.63. The van der Waals surface area contributed by atoms with Gasteiger partial charge in [0, 0.05) is 25.6 Å². The first-order valence-corrected chi connectivity index (χ1v) is 6.93. The lowest BCUT2D eigenvalue weighted by Crippen LogP contribution is -2.30. The second-order valence-electron chi connectivity index (χ2n) is 3.89. The van der Waals surface area contributed by atoms with Gasteiger partial charge in [0.2, 0.25) is 5.91 Å². The zero-order valence-corrected chi connectivity index (χ0v) is 10.2. The number of carbonyl (C=O) groups excluding carboxylic acids is 1. The molecule has 0 rings (SSSR count). The van der Waals surface area contributed by atoms with Crippen molar-refractivity contribution in [2.24, 2.45) is 5.92 Å². The molecule has 1 unspecified atom stereocenters. The van der Waals surface area contributed by atoms with Crippen LogP contribution >= 0.6 is 0 Å². The van der Waals surface area contributed by atoms with Gasteiger partial charge in [0.15, 0.2) is 0 Å².